The van der Waals surface area contributed by atoms with Crippen LogP contribution in [0.15, 0.2) is 11.6 Å². The Kier molecular flexibility index (Phi) is 7.41. The highest BCUT2D eigenvalue weighted by Crippen LogP contribution is 2.45. The lowest BCUT2D eigenvalue weighted by Gasteiger charge is -2.37. The second kappa shape index (κ2) is 8.41. The highest BCUT2D eigenvalue weighted by molar-refractivity contribution is 7.46. The highest BCUT2D eigenvalue weighted by Gasteiger charge is 2.52. The van der Waals surface area contributed by atoms with Gasteiger partial charge in [0.2, 0.25) is 0 Å². The summed E-state index contributed by atoms with van der Waals surface area (Å²) < 4.78 is 47.7. The molecule has 1 rings (SSSR count). The van der Waals surface area contributed by atoms with Crippen molar-refractivity contribution in [1.82, 2.24) is 0 Å². The summed E-state index contributed by atoms with van der Waals surface area (Å²) in [7, 11) is -10.9. The second-order valence-electron chi connectivity index (χ2n) is 5.18. The number of ether oxygens (including phenoxy) is 1. The number of aliphatic hydroxyl groups excluding tert-OH is 1. The molecule has 0 amide bonds. The lowest BCUT2D eigenvalue weighted by atomic mass is 9.92. The van der Waals surface area contributed by atoms with E-state index >= 15 is 0 Å². The number of carboxylic acid groups (broad SMARTS) is 2. The molecule has 0 radical (unpaired) electrons. The summed E-state index contributed by atoms with van der Waals surface area (Å²) in [5, 5.41) is 28.1. The molecule has 0 saturated heterocycles. The number of aliphatic hydroxyl groups is 1. The summed E-state index contributed by atoms with van der Waals surface area (Å²) in [5.74, 6) is -7.68. The third-order valence-corrected chi connectivity index (χ3v) is 4.20. The first-order chi connectivity index (χ1) is 12.1. The van der Waals surface area contributed by atoms with Crippen molar-refractivity contribution in [3.63, 3.8) is 0 Å². The van der Waals surface area contributed by atoms with Crippen molar-refractivity contribution in [2.45, 2.75) is 30.5 Å². The van der Waals surface area contributed by atoms with E-state index < -0.39 is 70.4 Å². The summed E-state index contributed by atoms with van der Waals surface area (Å²) in [6.45, 7) is -2.17. The van der Waals surface area contributed by atoms with Gasteiger partial charge in [-0.15, -0.1) is 0 Å². The number of rotatable bonds is 9. The summed E-state index contributed by atoms with van der Waals surface area (Å²) in [4.78, 5) is 57.5. The minimum absolute atomic E-state index is 0.605. The van der Waals surface area contributed by atoms with Crippen LogP contribution in [0.3, 0.4) is 0 Å². The molecule has 17 heteroatoms. The fourth-order valence-electron chi connectivity index (χ4n) is 2.10. The third kappa shape index (κ3) is 6.69. The number of carboxylic acids is 2. The van der Waals surface area contributed by atoms with Gasteiger partial charge < -0.3 is 39.6 Å². The van der Waals surface area contributed by atoms with Crippen LogP contribution < -0.4 is 0 Å². The molecule has 4 atom stereocenters. The standard InChI is InChI=1S/C10H15FO14P2/c11-3-10(9(15)16,25-27(20,21)22)23-5-1-4(8(13)14)2-6(7(5)12)24-26(17,18)19/h2,5-7,12H,1,3H2,(H,13,14)(H,15,16)(H2,17,18,19)(H2,20,21,22)/t5-,6-,7+,10?/m1/s1. The van der Waals surface area contributed by atoms with Gasteiger partial charge in [-0.25, -0.2) is 27.6 Å². The fraction of sp³-hybridized carbons (Fsp3) is 0.600. The largest absolute Gasteiger partial charge is 0.478 e. The van der Waals surface area contributed by atoms with E-state index in [1.165, 1.54) is 0 Å². The Hall–Kier alpha value is -1.25. The van der Waals surface area contributed by atoms with Gasteiger partial charge in [0.05, 0.1) is 6.10 Å². The van der Waals surface area contributed by atoms with Crippen molar-refractivity contribution >= 4 is 27.6 Å². The van der Waals surface area contributed by atoms with Gasteiger partial charge in [0.15, 0.2) is 6.67 Å². The molecule has 1 unspecified atom stereocenters. The van der Waals surface area contributed by atoms with Gasteiger partial charge in [-0.1, -0.05) is 0 Å². The van der Waals surface area contributed by atoms with E-state index in [9.17, 15) is 28.2 Å². The molecule has 0 aromatic carbocycles. The summed E-state index contributed by atoms with van der Waals surface area (Å²) in [6, 6.07) is 0. The molecule has 0 spiro atoms. The normalized spacial score (nSPS) is 26.1. The van der Waals surface area contributed by atoms with Crippen LogP contribution in [-0.4, -0.2) is 77.6 Å². The first kappa shape index (κ1) is 23.8. The smallest absolute Gasteiger partial charge is 0.472 e. The first-order valence-corrected chi connectivity index (χ1v) is 9.76. The molecule has 0 fully saturated rings. The zero-order valence-electron chi connectivity index (χ0n) is 13.0. The van der Waals surface area contributed by atoms with Crippen molar-refractivity contribution in [3.05, 3.63) is 11.6 Å². The Morgan fingerprint density at radius 1 is 1.19 bits per heavy atom. The maximum atomic E-state index is 13.3. The van der Waals surface area contributed by atoms with Crippen molar-refractivity contribution in [2.75, 3.05) is 6.67 Å². The van der Waals surface area contributed by atoms with Crippen LogP contribution in [0.5, 0.6) is 0 Å². The third-order valence-electron chi connectivity index (χ3n) is 3.15. The molecule has 0 saturated carbocycles. The minimum Gasteiger partial charge on any atom is -0.478 e. The first-order valence-electron chi connectivity index (χ1n) is 6.69. The molecule has 27 heavy (non-hydrogen) atoms. The quantitative estimate of drug-likeness (QED) is 0.159. The summed E-state index contributed by atoms with van der Waals surface area (Å²) >= 11 is 0. The average molecular weight is 440 g/mol. The van der Waals surface area contributed by atoms with Crippen molar-refractivity contribution in [3.8, 4) is 0 Å². The van der Waals surface area contributed by atoms with Gasteiger partial charge >= 0.3 is 33.4 Å². The predicted octanol–water partition coefficient (Wildman–Crippen LogP) is -1.52. The van der Waals surface area contributed by atoms with Gasteiger partial charge in [0.25, 0.3) is 0 Å². The van der Waals surface area contributed by atoms with E-state index in [-0.39, 0.29) is 0 Å². The Morgan fingerprint density at radius 2 is 1.74 bits per heavy atom. The molecule has 0 heterocycles. The predicted molar refractivity (Wildman–Crippen MR) is 77.6 cm³/mol. The van der Waals surface area contributed by atoms with E-state index in [1.807, 2.05) is 0 Å². The van der Waals surface area contributed by atoms with Crippen molar-refractivity contribution < 1.29 is 71.8 Å². The molecule has 0 aromatic heterocycles. The maximum absolute atomic E-state index is 13.3. The summed E-state index contributed by atoms with van der Waals surface area (Å²) in [6.07, 6.45) is -6.47. The zero-order chi connectivity index (χ0) is 21.2. The monoisotopic (exact) mass is 440 g/mol. The van der Waals surface area contributed by atoms with Gasteiger partial charge in [-0.3, -0.25) is 4.52 Å². The van der Waals surface area contributed by atoms with Gasteiger partial charge in [-0.2, -0.15) is 0 Å². The van der Waals surface area contributed by atoms with E-state index in [4.69, 9.17) is 29.8 Å². The van der Waals surface area contributed by atoms with Crippen LogP contribution in [0.2, 0.25) is 0 Å². The van der Waals surface area contributed by atoms with Crippen molar-refractivity contribution in [2.24, 2.45) is 0 Å². The molecule has 156 valence electrons. The van der Waals surface area contributed by atoms with Crippen molar-refractivity contribution in [1.29, 1.82) is 0 Å². The molecular formula is C10H15FO14P2. The SMILES string of the molecule is O=C(O)C1=C[C@@H](OP(=O)(O)O)[C@@H](O)[C@H](OC(CF)(OP(=O)(O)O)C(=O)O)C1. The number of phosphoric ester groups is 2. The van der Waals surface area contributed by atoms with E-state index in [0.29, 0.717) is 6.08 Å². The lowest BCUT2D eigenvalue weighted by molar-refractivity contribution is -0.252. The van der Waals surface area contributed by atoms with Crippen LogP contribution in [-0.2, 0) is 32.5 Å². The number of halogens is 1. The van der Waals surface area contributed by atoms with Crippen LogP contribution in [0.25, 0.3) is 0 Å². The zero-order valence-corrected chi connectivity index (χ0v) is 14.8. The summed E-state index contributed by atoms with van der Waals surface area (Å²) in [5.41, 5.74) is -0.668. The molecule has 1 aliphatic rings. The molecule has 0 aliphatic heterocycles. The number of alkyl halides is 1. The fourth-order valence-corrected chi connectivity index (χ4v) is 3.15. The second-order valence-corrected chi connectivity index (χ2v) is 7.54. The van der Waals surface area contributed by atoms with Crippen LogP contribution in [0.4, 0.5) is 4.39 Å². The Morgan fingerprint density at radius 3 is 2.11 bits per heavy atom. The van der Waals surface area contributed by atoms with E-state index in [2.05, 4.69) is 13.8 Å². The highest BCUT2D eigenvalue weighted by atomic mass is 31.2. The van der Waals surface area contributed by atoms with Gasteiger partial charge in [-0.05, 0) is 6.08 Å². The Labute approximate surface area is 149 Å². The molecular weight excluding hydrogens is 425 g/mol. The Bertz CT molecular complexity index is 711. The van der Waals surface area contributed by atoms with Gasteiger partial charge in [0.1, 0.15) is 12.2 Å². The lowest BCUT2D eigenvalue weighted by Crippen LogP contribution is -2.53. The number of aliphatic carboxylic acids is 2. The van der Waals surface area contributed by atoms with E-state index in [1.54, 1.807) is 0 Å². The minimum atomic E-state index is -5.64. The average Bonchev–Trinajstić information content (AvgIpc) is 2.47. The number of hydrogen-bond acceptors (Lipinski definition) is 8. The maximum Gasteiger partial charge on any atom is 0.472 e. The molecule has 7 N–H and O–H groups in total. The molecule has 0 bridgehead atoms. The number of hydrogen-bond donors (Lipinski definition) is 7. The topological polar surface area (TPSA) is 238 Å². The van der Waals surface area contributed by atoms with Crippen LogP contribution in [0, 0.1) is 0 Å². The molecule has 14 nitrogen and oxygen atoms in total. The van der Waals surface area contributed by atoms with E-state index in [0.717, 1.165) is 0 Å². The molecule has 0 aromatic rings. The molecule has 1 aliphatic carbocycles. The Balaban J connectivity index is 3.27. The number of phosphoric acid groups is 2. The van der Waals surface area contributed by atoms with Crippen LogP contribution >= 0.6 is 15.6 Å². The number of carbonyl (C=O) groups is 2. The van der Waals surface area contributed by atoms with Crippen LogP contribution in [0.1, 0.15) is 6.42 Å². The van der Waals surface area contributed by atoms with Gasteiger partial charge in [0, 0.05) is 12.0 Å².